The lowest BCUT2D eigenvalue weighted by molar-refractivity contribution is -0.140. The minimum Gasteiger partial charge on any atom is -0.490 e. The Morgan fingerprint density at radius 2 is 1.21 bits per heavy atom. The van der Waals surface area contributed by atoms with Gasteiger partial charge in [0, 0.05) is 22.8 Å². The Morgan fingerprint density at radius 1 is 0.698 bits per heavy atom. The van der Waals surface area contributed by atoms with E-state index in [2.05, 4.69) is 19.7 Å². The number of aliphatic hydroxyl groups excluding tert-OH is 1. The Balaban J connectivity index is 1.79. The van der Waals surface area contributed by atoms with Crippen molar-refractivity contribution in [1.82, 2.24) is 0 Å². The summed E-state index contributed by atoms with van der Waals surface area (Å²) in [5, 5.41) is 9.85. The first-order chi connectivity index (χ1) is 20.4. The van der Waals surface area contributed by atoms with Crippen LogP contribution in [0.3, 0.4) is 0 Å². The van der Waals surface area contributed by atoms with Gasteiger partial charge in [0.1, 0.15) is 49.5 Å². The Hall–Kier alpha value is -4.89. The molecule has 0 saturated carbocycles. The first kappa shape index (κ1) is 32.6. The average molecular weight is 591 g/mol. The van der Waals surface area contributed by atoms with Crippen LogP contribution in [0.1, 0.15) is 20.8 Å². The van der Waals surface area contributed by atoms with E-state index in [9.17, 15) is 14.7 Å². The molecule has 0 aliphatic rings. The third-order valence-electron chi connectivity index (χ3n) is 5.88. The molecule has 8 nitrogen and oxygen atoms in total. The fourth-order valence-corrected chi connectivity index (χ4v) is 3.61. The third-order valence-corrected chi connectivity index (χ3v) is 5.88. The van der Waals surface area contributed by atoms with Crippen LogP contribution in [0, 0.1) is 5.82 Å². The molecule has 0 saturated heterocycles. The molecule has 0 aliphatic heterocycles. The third kappa shape index (κ3) is 9.86. The van der Waals surface area contributed by atoms with Crippen molar-refractivity contribution >= 4 is 11.9 Å². The number of benzene rings is 3. The van der Waals surface area contributed by atoms with E-state index in [1.165, 1.54) is 6.07 Å². The van der Waals surface area contributed by atoms with E-state index >= 15 is 4.39 Å². The average Bonchev–Trinajstić information content (AvgIpc) is 2.97. The fraction of sp³-hybridized carbons (Fsp3) is 0.235. The highest BCUT2D eigenvalue weighted by atomic mass is 19.1. The molecule has 0 radical (unpaired) electrons. The van der Waals surface area contributed by atoms with Gasteiger partial charge in [-0.15, -0.1) is 0 Å². The number of carbonyl (C=O) groups excluding carboxylic acids is 2. The zero-order valence-electron chi connectivity index (χ0n) is 24.5. The van der Waals surface area contributed by atoms with Gasteiger partial charge in [0.05, 0.1) is 0 Å². The maximum absolute atomic E-state index is 15.4. The Labute approximate surface area is 250 Å². The van der Waals surface area contributed by atoms with Crippen molar-refractivity contribution < 1.29 is 42.8 Å². The summed E-state index contributed by atoms with van der Waals surface area (Å²) in [6.07, 6.45) is -1.13. The molecule has 0 amide bonds. The van der Waals surface area contributed by atoms with Gasteiger partial charge in [0.2, 0.25) is 6.29 Å². The van der Waals surface area contributed by atoms with E-state index in [4.69, 9.17) is 23.7 Å². The van der Waals surface area contributed by atoms with Crippen molar-refractivity contribution in [2.45, 2.75) is 27.1 Å². The summed E-state index contributed by atoms with van der Waals surface area (Å²) in [6, 6.07) is 16.5. The first-order valence-electron chi connectivity index (χ1n) is 13.4. The zero-order chi connectivity index (χ0) is 31.5. The second-order valence-electron chi connectivity index (χ2n) is 9.76. The van der Waals surface area contributed by atoms with Crippen molar-refractivity contribution in [2.24, 2.45) is 0 Å². The predicted molar refractivity (Wildman–Crippen MR) is 161 cm³/mol. The van der Waals surface area contributed by atoms with E-state index < -0.39 is 24.0 Å². The largest absolute Gasteiger partial charge is 0.490 e. The molecule has 0 heterocycles. The van der Waals surface area contributed by atoms with E-state index in [0.717, 1.165) is 0 Å². The monoisotopic (exact) mass is 590 g/mol. The van der Waals surface area contributed by atoms with Crippen molar-refractivity contribution in [3.63, 3.8) is 0 Å². The van der Waals surface area contributed by atoms with Crippen LogP contribution in [0.5, 0.6) is 17.2 Å². The predicted octanol–water partition coefficient (Wildman–Crippen LogP) is 6.43. The molecule has 0 spiro atoms. The summed E-state index contributed by atoms with van der Waals surface area (Å²) >= 11 is 0. The highest BCUT2D eigenvalue weighted by molar-refractivity contribution is 5.87. The van der Waals surface area contributed by atoms with E-state index in [-0.39, 0.29) is 37.6 Å². The molecule has 3 aromatic carbocycles. The van der Waals surface area contributed by atoms with Crippen molar-refractivity contribution in [2.75, 3.05) is 26.4 Å². The van der Waals surface area contributed by atoms with Crippen molar-refractivity contribution in [3.05, 3.63) is 103 Å². The van der Waals surface area contributed by atoms with Crippen LogP contribution in [0.4, 0.5) is 4.39 Å². The minimum absolute atomic E-state index is 0.00226. The topological polar surface area (TPSA) is 101 Å². The van der Waals surface area contributed by atoms with Gasteiger partial charge in [-0.1, -0.05) is 44.0 Å². The number of halogens is 1. The molecule has 1 N–H and O–H groups in total. The summed E-state index contributed by atoms with van der Waals surface area (Å²) in [5.74, 6) is -0.282. The summed E-state index contributed by atoms with van der Waals surface area (Å²) in [5.41, 5.74) is 3.18. The van der Waals surface area contributed by atoms with Gasteiger partial charge >= 0.3 is 11.9 Å². The van der Waals surface area contributed by atoms with Gasteiger partial charge in [-0.3, -0.25) is 0 Å². The molecule has 3 rings (SSSR count). The molecule has 3 aromatic rings. The summed E-state index contributed by atoms with van der Waals surface area (Å²) in [6.45, 7) is 15.6. The van der Waals surface area contributed by atoms with E-state index in [1.807, 2.05) is 0 Å². The van der Waals surface area contributed by atoms with Gasteiger partial charge < -0.3 is 28.8 Å². The lowest BCUT2D eigenvalue weighted by Crippen LogP contribution is -2.15. The summed E-state index contributed by atoms with van der Waals surface area (Å²) in [4.78, 5) is 23.3. The first-order valence-corrected chi connectivity index (χ1v) is 13.4. The smallest absolute Gasteiger partial charge is 0.333 e. The second kappa shape index (κ2) is 15.4. The molecular formula is C34H35FO8. The van der Waals surface area contributed by atoms with E-state index in [0.29, 0.717) is 45.1 Å². The van der Waals surface area contributed by atoms with Crippen molar-refractivity contribution in [1.29, 1.82) is 0 Å². The van der Waals surface area contributed by atoms with Crippen LogP contribution in [-0.2, 0) is 19.1 Å². The molecule has 9 heteroatoms. The summed E-state index contributed by atoms with van der Waals surface area (Å²) in [7, 11) is 0. The standard InChI is InChI=1S/C34H35FO8/c1-21(2)32(36)41-15-13-39-28-17-26(18-29(20-28)40-14-16-42-33(37)22(3)4)25-9-12-30(31(35)19-25)24-7-10-27(11-8-24)43-34(38)23(5)6/h7-12,17-20,34,38H,1,3,5,13-16H2,2,4,6H3. The molecule has 1 unspecified atom stereocenters. The van der Waals surface area contributed by atoms with Crippen LogP contribution < -0.4 is 14.2 Å². The minimum atomic E-state index is -1.13. The molecule has 1 atom stereocenters. The SMILES string of the molecule is C=C(C)C(=O)OCCOc1cc(OCCOC(=O)C(=C)C)cc(-c2ccc(-c3ccc(OC(O)C(=C)C)cc3)c(F)c2)c1. The highest BCUT2D eigenvalue weighted by Gasteiger charge is 2.13. The van der Waals surface area contributed by atoms with Gasteiger partial charge in [-0.05, 0) is 73.4 Å². The number of hydrogen-bond acceptors (Lipinski definition) is 8. The second-order valence-corrected chi connectivity index (χ2v) is 9.76. The quantitative estimate of drug-likeness (QED) is 0.0711. The number of ether oxygens (including phenoxy) is 5. The molecule has 226 valence electrons. The molecule has 0 bridgehead atoms. The Morgan fingerprint density at radius 3 is 1.67 bits per heavy atom. The highest BCUT2D eigenvalue weighted by Crippen LogP contribution is 2.33. The number of carbonyl (C=O) groups is 2. The molecule has 0 aliphatic carbocycles. The van der Waals surface area contributed by atoms with Crippen LogP contribution in [0.15, 0.2) is 97.1 Å². The molecule has 0 fully saturated rings. The fourth-order valence-electron chi connectivity index (χ4n) is 3.61. The Kier molecular flexibility index (Phi) is 11.7. The lowest BCUT2D eigenvalue weighted by Gasteiger charge is -2.14. The zero-order valence-corrected chi connectivity index (χ0v) is 24.5. The molecular weight excluding hydrogens is 555 g/mol. The lowest BCUT2D eigenvalue weighted by atomic mass is 9.99. The van der Waals surface area contributed by atoms with Crippen molar-refractivity contribution in [3.8, 4) is 39.5 Å². The van der Waals surface area contributed by atoms with Gasteiger partial charge in [-0.25, -0.2) is 14.0 Å². The summed E-state index contributed by atoms with van der Waals surface area (Å²) < 4.78 is 42.5. The van der Waals surface area contributed by atoms with Crippen LogP contribution in [0.25, 0.3) is 22.3 Å². The van der Waals surface area contributed by atoms with Gasteiger partial charge in [0.15, 0.2) is 0 Å². The van der Waals surface area contributed by atoms with Crippen LogP contribution >= 0.6 is 0 Å². The van der Waals surface area contributed by atoms with Gasteiger partial charge in [0.25, 0.3) is 0 Å². The van der Waals surface area contributed by atoms with Crippen LogP contribution in [-0.4, -0.2) is 49.8 Å². The number of rotatable bonds is 15. The number of aliphatic hydroxyl groups is 1. The Bertz CT molecular complexity index is 1440. The maximum atomic E-state index is 15.4. The molecule has 0 aromatic heterocycles. The number of hydrogen-bond donors (Lipinski definition) is 1. The van der Waals surface area contributed by atoms with Crippen LogP contribution in [0.2, 0.25) is 0 Å². The number of esters is 2. The normalized spacial score (nSPS) is 11.2. The molecule has 43 heavy (non-hydrogen) atoms. The van der Waals surface area contributed by atoms with E-state index in [1.54, 1.807) is 75.4 Å². The maximum Gasteiger partial charge on any atom is 0.333 e. The van der Waals surface area contributed by atoms with Gasteiger partial charge in [-0.2, -0.15) is 0 Å².